The van der Waals surface area contributed by atoms with Crippen LogP contribution in [-0.4, -0.2) is 36.0 Å². The highest BCUT2D eigenvalue weighted by molar-refractivity contribution is 5.97. The van der Waals surface area contributed by atoms with Gasteiger partial charge in [0.25, 0.3) is 5.91 Å². The van der Waals surface area contributed by atoms with E-state index in [1.807, 2.05) is 13.8 Å². The molecule has 27 heavy (non-hydrogen) atoms. The minimum atomic E-state index is -2.34. The van der Waals surface area contributed by atoms with Crippen molar-refractivity contribution in [1.29, 1.82) is 0 Å². The van der Waals surface area contributed by atoms with Crippen LogP contribution in [0.4, 0.5) is 22.0 Å². The maximum Gasteiger partial charge on any atom is 0.328 e. The predicted molar refractivity (Wildman–Crippen MR) is 85.3 cm³/mol. The fraction of sp³-hybridized carbons (Fsp3) is 0.556. The molecule has 1 fully saturated rings. The molecule has 1 aliphatic heterocycles. The van der Waals surface area contributed by atoms with Gasteiger partial charge >= 0.3 is 5.97 Å². The van der Waals surface area contributed by atoms with Gasteiger partial charge in [-0.2, -0.15) is 0 Å². The monoisotopic (exact) mass is 393 g/mol. The molecule has 1 amide bonds. The molecule has 1 atom stereocenters. The lowest BCUT2D eigenvalue weighted by Gasteiger charge is -2.24. The summed E-state index contributed by atoms with van der Waals surface area (Å²) in [6, 6.07) is -1.12. The molecule has 1 aromatic carbocycles. The Kier molecular flexibility index (Phi) is 6.78. The van der Waals surface area contributed by atoms with Gasteiger partial charge in [-0.25, -0.2) is 26.7 Å². The summed E-state index contributed by atoms with van der Waals surface area (Å²) in [5, 5.41) is 0. The van der Waals surface area contributed by atoms with Gasteiger partial charge in [-0.3, -0.25) is 4.79 Å². The molecular weight excluding hydrogens is 373 g/mol. The van der Waals surface area contributed by atoms with Gasteiger partial charge in [0, 0.05) is 6.54 Å². The average Bonchev–Trinajstić information content (AvgIpc) is 3.11. The van der Waals surface area contributed by atoms with Crippen molar-refractivity contribution in [3.8, 4) is 0 Å². The van der Waals surface area contributed by atoms with E-state index in [0.29, 0.717) is 18.8 Å². The van der Waals surface area contributed by atoms with Crippen LogP contribution < -0.4 is 0 Å². The molecule has 0 spiro atoms. The van der Waals surface area contributed by atoms with Gasteiger partial charge < -0.3 is 9.64 Å². The number of carbonyl (C=O) groups is 2. The summed E-state index contributed by atoms with van der Waals surface area (Å²) in [4.78, 5) is 25.4. The van der Waals surface area contributed by atoms with E-state index in [0.717, 1.165) is 11.3 Å². The second-order valence-corrected chi connectivity index (χ2v) is 6.81. The molecule has 1 unspecified atom stereocenters. The average molecular weight is 393 g/mol. The van der Waals surface area contributed by atoms with E-state index < -0.39 is 52.6 Å². The van der Waals surface area contributed by atoms with E-state index >= 15 is 0 Å². The zero-order chi connectivity index (χ0) is 20.3. The Hall–Kier alpha value is -2.19. The lowest BCUT2D eigenvalue weighted by atomic mass is 10.1. The van der Waals surface area contributed by atoms with Gasteiger partial charge in [-0.05, 0) is 31.6 Å². The number of halogens is 5. The number of esters is 1. The number of likely N-dealkylation sites (tertiary alicyclic amines) is 1. The van der Waals surface area contributed by atoms with Crippen LogP contribution in [0.1, 0.15) is 49.9 Å². The summed E-state index contributed by atoms with van der Waals surface area (Å²) in [6.45, 7) is 4.08. The summed E-state index contributed by atoms with van der Waals surface area (Å²) < 4.78 is 72.7. The Balaban J connectivity index is 2.18. The highest BCUT2D eigenvalue weighted by Crippen LogP contribution is 2.27. The van der Waals surface area contributed by atoms with Crippen LogP contribution in [0, 0.1) is 35.0 Å². The highest BCUT2D eigenvalue weighted by atomic mass is 19.2. The Labute approximate surface area is 153 Å². The number of carbonyl (C=O) groups excluding carboxylic acids is 2. The summed E-state index contributed by atoms with van der Waals surface area (Å²) >= 11 is 0. The molecule has 0 N–H and O–H groups in total. The van der Waals surface area contributed by atoms with Crippen molar-refractivity contribution in [3.63, 3.8) is 0 Å². The summed E-state index contributed by atoms with van der Waals surface area (Å²) in [6.07, 6.45) is 1.96. The zero-order valence-electron chi connectivity index (χ0n) is 15.0. The Bertz CT molecular complexity index is 709. The smallest absolute Gasteiger partial charge is 0.328 e. The van der Waals surface area contributed by atoms with Crippen molar-refractivity contribution in [2.75, 3.05) is 13.2 Å². The van der Waals surface area contributed by atoms with E-state index in [1.165, 1.54) is 0 Å². The first-order valence-corrected chi connectivity index (χ1v) is 8.65. The molecule has 0 aliphatic carbocycles. The third-order valence-corrected chi connectivity index (χ3v) is 4.38. The highest BCUT2D eigenvalue weighted by Gasteiger charge is 2.39. The first kappa shape index (κ1) is 21.1. The number of nitrogens with zero attached hydrogens (tertiary/aromatic N) is 1. The fourth-order valence-corrected chi connectivity index (χ4v) is 2.95. The van der Waals surface area contributed by atoms with Crippen molar-refractivity contribution in [3.05, 3.63) is 34.6 Å². The van der Waals surface area contributed by atoms with Gasteiger partial charge in [0.1, 0.15) is 11.6 Å². The molecule has 0 bridgehead atoms. The van der Waals surface area contributed by atoms with Crippen LogP contribution in [0.15, 0.2) is 0 Å². The van der Waals surface area contributed by atoms with Gasteiger partial charge in [0.05, 0.1) is 6.61 Å². The molecule has 0 aromatic heterocycles. The molecule has 150 valence electrons. The van der Waals surface area contributed by atoms with E-state index in [9.17, 15) is 31.5 Å². The summed E-state index contributed by atoms with van der Waals surface area (Å²) in [5.41, 5.74) is -1.56. The third kappa shape index (κ3) is 4.39. The molecule has 4 nitrogen and oxygen atoms in total. The standard InChI is InChI=1S/C18H20F5NO3/c1-9(2)5-4-8-27-18(26)10-6-3-7-24(10)17(25)11-12(19)14(21)16(23)15(22)13(11)20/h9-10H,3-8H2,1-2H3. The van der Waals surface area contributed by atoms with Crippen LogP contribution >= 0.6 is 0 Å². The van der Waals surface area contributed by atoms with Crippen LogP contribution in [-0.2, 0) is 9.53 Å². The van der Waals surface area contributed by atoms with Gasteiger partial charge in [-0.1, -0.05) is 13.8 Å². The lowest BCUT2D eigenvalue weighted by molar-refractivity contribution is -0.148. The molecule has 1 aliphatic rings. The largest absolute Gasteiger partial charge is 0.464 e. The Morgan fingerprint density at radius 3 is 2.15 bits per heavy atom. The van der Waals surface area contributed by atoms with Crippen molar-refractivity contribution >= 4 is 11.9 Å². The summed E-state index contributed by atoms with van der Waals surface area (Å²) in [5.74, 6) is -12.9. The molecular formula is C18H20F5NO3. The van der Waals surface area contributed by atoms with Crippen molar-refractivity contribution in [2.24, 2.45) is 5.92 Å². The number of amides is 1. The van der Waals surface area contributed by atoms with Gasteiger partial charge in [0.2, 0.25) is 5.82 Å². The molecule has 1 aromatic rings. The predicted octanol–water partition coefficient (Wildman–Crippen LogP) is 3.97. The van der Waals surface area contributed by atoms with E-state index in [-0.39, 0.29) is 19.6 Å². The number of rotatable bonds is 6. The van der Waals surface area contributed by atoms with E-state index in [2.05, 4.69) is 0 Å². The quantitative estimate of drug-likeness (QED) is 0.242. The summed E-state index contributed by atoms with van der Waals surface area (Å²) in [7, 11) is 0. The topological polar surface area (TPSA) is 46.6 Å². The third-order valence-electron chi connectivity index (χ3n) is 4.38. The van der Waals surface area contributed by atoms with Crippen LogP contribution in [0.25, 0.3) is 0 Å². The number of benzene rings is 1. The number of hydrogen-bond donors (Lipinski definition) is 0. The minimum Gasteiger partial charge on any atom is -0.464 e. The molecule has 0 radical (unpaired) electrons. The zero-order valence-corrected chi connectivity index (χ0v) is 15.0. The maximum absolute atomic E-state index is 13.9. The first-order chi connectivity index (χ1) is 12.7. The van der Waals surface area contributed by atoms with Crippen LogP contribution in [0.5, 0.6) is 0 Å². The van der Waals surface area contributed by atoms with Crippen LogP contribution in [0.3, 0.4) is 0 Å². The minimum absolute atomic E-state index is 0.0515. The van der Waals surface area contributed by atoms with E-state index in [4.69, 9.17) is 4.74 Å². The number of ether oxygens (including phenoxy) is 1. The van der Waals surface area contributed by atoms with Crippen molar-refractivity contribution in [2.45, 2.75) is 45.6 Å². The molecule has 0 saturated carbocycles. The fourth-order valence-electron chi connectivity index (χ4n) is 2.95. The second kappa shape index (κ2) is 8.67. The van der Waals surface area contributed by atoms with Crippen LogP contribution in [0.2, 0.25) is 0 Å². The Morgan fingerprint density at radius 1 is 1.04 bits per heavy atom. The van der Waals surface area contributed by atoms with Gasteiger partial charge in [-0.15, -0.1) is 0 Å². The normalized spacial score (nSPS) is 16.9. The second-order valence-electron chi connectivity index (χ2n) is 6.81. The number of hydrogen-bond acceptors (Lipinski definition) is 3. The van der Waals surface area contributed by atoms with Gasteiger partial charge in [0.15, 0.2) is 23.3 Å². The Morgan fingerprint density at radius 2 is 1.59 bits per heavy atom. The molecule has 1 heterocycles. The maximum atomic E-state index is 13.9. The first-order valence-electron chi connectivity index (χ1n) is 8.65. The lowest BCUT2D eigenvalue weighted by Crippen LogP contribution is -2.42. The molecule has 2 rings (SSSR count). The van der Waals surface area contributed by atoms with Crippen molar-refractivity contribution in [1.82, 2.24) is 4.90 Å². The molecule has 1 saturated heterocycles. The SMILES string of the molecule is CC(C)CCCOC(=O)C1CCCN1C(=O)c1c(F)c(F)c(F)c(F)c1F. The molecule has 9 heteroatoms. The van der Waals surface area contributed by atoms with E-state index in [1.54, 1.807) is 0 Å². The van der Waals surface area contributed by atoms with Crippen molar-refractivity contribution < 1.29 is 36.3 Å².